The monoisotopic (exact) mass is 394 g/mol. The summed E-state index contributed by atoms with van der Waals surface area (Å²) in [5.41, 5.74) is 6.10. The minimum Gasteiger partial charge on any atom is -0.382 e. The minimum atomic E-state index is -0.387. The predicted molar refractivity (Wildman–Crippen MR) is 88.2 cm³/mol. The fourth-order valence-corrected chi connectivity index (χ4v) is 2.96. The first-order valence-corrected chi connectivity index (χ1v) is 7.69. The van der Waals surface area contributed by atoms with E-state index < -0.39 is 0 Å². The van der Waals surface area contributed by atoms with E-state index in [-0.39, 0.29) is 16.7 Å². The first-order chi connectivity index (χ1) is 9.43. The van der Waals surface area contributed by atoms with Gasteiger partial charge in [0, 0.05) is 11.5 Å². The fraction of sp³-hybridized carbons (Fsp3) is 0.0909. The van der Waals surface area contributed by atoms with E-state index in [9.17, 15) is 4.79 Å². The number of hydrogen-bond donors (Lipinski definition) is 3. The zero-order chi connectivity index (χ0) is 14.9. The van der Waals surface area contributed by atoms with Gasteiger partial charge in [-0.1, -0.05) is 34.5 Å². The van der Waals surface area contributed by atoms with Crippen molar-refractivity contribution in [2.24, 2.45) is 0 Å². The molecule has 0 aliphatic carbocycles. The molecule has 5 nitrogen and oxygen atoms in total. The van der Waals surface area contributed by atoms with Gasteiger partial charge in [0.25, 0.3) is 5.91 Å². The molecule has 20 heavy (non-hydrogen) atoms. The van der Waals surface area contributed by atoms with Crippen LogP contribution >= 0.6 is 50.5 Å². The van der Waals surface area contributed by atoms with E-state index in [1.807, 2.05) is 0 Å². The summed E-state index contributed by atoms with van der Waals surface area (Å²) in [7, 11) is 1.70. The topological polar surface area (TPSA) is 80.0 Å². The lowest BCUT2D eigenvalue weighted by Crippen LogP contribution is -2.12. The number of anilines is 3. The van der Waals surface area contributed by atoms with Gasteiger partial charge in [0.1, 0.15) is 10.7 Å². The van der Waals surface area contributed by atoms with E-state index in [4.69, 9.17) is 28.9 Å². The summed E-state index contributed by atoms with van der Waals surface area (Å²) in [4.78, 5) is 16.5. The molecule has 2 aromatic rings. The van der Waals surface area contributed by atoms with E-state index in [1.165, 1.54) is 0 Å². The van der Waals surface area contributed by atoms with Gasteiger partial charge in [-0.05, 0) is 28.1 Å². The van der Waals surface area contributed by atoms with Gasteiger partial charge in [0.15, 0.2) is 5.13 Å². The lowest BCUT2D eigenvalue weighted by Gasteiger charge is -2.08. The molecule has 2 rings (SSSR count). The summed E-state index contributed by atoms with van der Waals surface area (Å²) in [5.74, 6) is -0.224. The number of halogens is 3. The molecule has 0 saturated heterocycles. The maximum absolute atomic E-state index is 12.2. The smallest absolute Gasteiger partial charge is 0.269 e. The molecule has 1 aromatic heterocycles. The molecule has 0 fully saturated rings. The molecule has 1 amide bonds. The Labute approximate surface area is 137 Å². The number of aromatic nitrogens is 1. The van der Waals surface area contributed by atoms with Crippen LogP contribution in [0.1, 0.15) is 9.67 Å². The van der Waals surface area contributed by atoms with Crippen LogP contribution in [0.3, 0.4) is 0 Å². The van der Waals surface area contributed by atoms with Crippen molar-refractivity contribution in [2.75, 3.05) is 23.4 Å². The average Bonchev–Trinajstić information content (AvgIpc) is 2.81. The molecule has 0 bridgehead atoms. The second-order valence-corrected chi connectivity index (χ2v) is 6.27. The number of benzene rings is 1. The third kappa shape index (κ3) is 3.01. The summed E-state index contributed by atoms with van der Waals surface area (Å²) < 4.78 is 0.650. The van der Waals surface area contributed by atoms with Crippen LogP contribution in [-0.2, 0) is 0 Å². The predicted octanol–water partition coefficient (Wildman–Crippen LogP) is 4.09. The van der Waals surface area contributed by atoms with Crippen molar-refractivity contribution in [2.45, 2.75) is 0 Å². The maximum Gasteiger partial charge on any atom is 0.269 e. The van der Waals surface area contributed by atoms with Crippen molar-refractivity contribution in [3.8, 4) is 0 Å². The van der Waals surface area contributed by atoms with Crippen molar-refractivity contribution in [1.82, 2.24) is 4.98 Å². The normalized spacial score (nSPS) is 10.4. The molecule has 0 spiro atoms. The quantitative estimate of drug-likeness (QED) is 0.683. The number of hydrogen-bond acceptors (Lipinski definition) is 5. The van der Waals surface area contributed by atoms with E-state index in [0.717, 1.165) is 11.3 Å². The largest absolute Gasteiger partial charge is 0.382 e. The van der Waals surface area contributed by atoms with Gasteiger partial charge in [0.2, 0.25) is 0 Å². The van der Waals surface area contributed by atoms with Crippen molar-refractivity contribution in [1.29, 1.82) is 0 Å². The number of thiazole rings is 1. The number of nitrogen functional groups attached to an aromatic ring is 1. The number of nitrogens with zero attached hydrogens (tertiary/aromatic N) is 1. The highest BCUT2D eigenvalue weighted by molar-refractivity contribution is 9.10. The third-order valence-electron chi connectivity index (χ3n) is 2.36. The maximum atomic E-state index is 12.2. The first-order valence-electron chi connectivity index (χ1n) is 5.33. The van der Waals surface area contributed by atoms with Gasteiger partial charge in [-0.2, -0.15) is 0 Å². The average molecular weight is 396 g/mol. The summed E-state index contributed by atoms with van der Waals surface area (Å²) in [5, 5.41) is 6.64. The highest BCUT2D eigenvalue weighted by Crippen LogP contribution is 2.36. The first kappa shape index (κ1) is 15.4. The highest BCUT2D eigenvalue weighted by atomic mass is 79.9. The van der Waals surface area contributed by atoms with Gasteiger partial charge in [0.05, 0.1) is 15.7 Å². The van der Waals surface area contributed by atoms with Crippen LogP contribution < -0.4 is 16.4 Å². The van der Waals surface area contributed by atoms with Crippen LogP contribution in [0, 0.1) is 0 Å². The van der Waals surface area contributed by atoms with E-state index in [0.29, 0.717) is 25.2 Å². The molecule has 9 heteroatoms. The van der Waals surface area contributed by atoms with E-state index in [2.05, 4.69) is 31.5 Å². The van der Waals surface area contributed by atoms with Crippen molar-refractivity contribution < 1.29 is 4.79 Å². The second-order valence-electron chi connectivity index (χ2n) is 3.66. The van der Waals surface area contributed by atoms with Crippen molar-refractivity contribution in [3.63, 3.8) is 0 Å². The molecular weight excluding hydrogens is 387 g/mol. The number of amides is 1. The molecule has 1 aromatic carbocycles. The number of nitrogens with two attached hydrogens (primary N) is 1. The Bertz CT molecular complexity index is 677. The summed E-state index contributed by atoms with van der Waals surface area (Å²) >= 11 is 16.5. The van der Waals surface area contributed by atoms with Crippen molar-refractivity contribution in [3.05, 3.63) is 31.5 Å². The van der Waals surface area contributed by atoms with Crippen LogP contribution in [0.4, 0.5) is 16.6 Å². The Morgan fingerprint density at radius 2 is 2.10 bits per heavy atom. The zero-order valence-electron chi connectivity index (χ0n) is 10.1. The Morgan fingerprint density at radius 1 is 1.40 bits per heavy atom. The van der Waals surface area contributed by atoms with Gasteiger partial charge in [-0.25, -0.2) is 4.98 Å². The number of rotatable bonds is 3. The minimum absolute atomic E-state index is 0.163. The molecule has 4 N–H and O–H groups in total. The van der Waals surface area contributed by atoms with E-state index >= 15 is 0 Å². The molecule has 0 aliphatic rings. The Hall–Kier alpha value is -1.02. The molecule has 0 aliphatic heterocycles. The molecule has 106 valence electrons. The number of nitrogens with one attached hydrogen (secondary N) is 2. The SMILES string of the molecule is CNc1nc(N)c(C(=O)Nc2ccc(Br)c(Cl)c2Cl)s1. The molecule has 0 saturated carbocycles. The Morgan fingerprint density at radius 3 is 2.70 bits per heavy atom. The van der Waals surface area contributed by atoms with E-state index in [1.54, 1.807) is 19.2 Å². The standard InChI is InChI=1S/C11H9BrCl2N4OS/c1-16-11-18-9(15)8(20-11)10(19)17-5-3-2-4(12)6(13)7(5)14/h2-3H,15H2,1H3,(H,16,18)(H,17,19). The Kier molecular flexibility index (Phi) is 4.74. The zero-order valence-corrected chi connectivity index (χ0v) is 14.0. The lowest BCUT2D eigenvalue weighted by molar-refractivity contribution is 0.103. The van der Waals surface area contributed by atoms with Crippen molar-refractivity contribution >= 4 is 73.0 Å². The lowest BCUT2D eigenvalue weighted by atomic mass is 10.3. The molecule has 1 heterocycles. The molecular formula is C11H9BrCl2N4OS. The molecule has 0 radical (unpaired) electrons. The molecule has 0 unspecified atom stereocenters. The highest BCUT2D eigenvalue weighted by Gasteiger charge is 2.18. The molecule has 0 atom stereocenters. The second kappa shape index (κ2) is 6.17. The van der Waals surface area contributed by atoms with Crippen LogP contribution in [-0.4, -0.2) is 17.9 Å². The van der Waals surface area contributed by atoms with Crippen LogP contribution in [0.25, 0.3) is 0 Å². The van der Waals surface area contributed by atoms with Gasteiger partial charge >= 0.3 is 0 Å². The van der Waals surface area contributed by atoms with Gasteiger partial charge < -0.3 is 16.4 Å². The summed E-state index contributed by atoms with van der Waals surface area (Å²) in [6, 6.07) is 3.34. The summed E-state index contributed by atoms with van der Waals surface area (Å²) in [6.45, 7) is 0. The van der Waals surface area contributed by atoms with Crippen LogP contribution in [0.15, 0.2) is 16.6 Å². The number of carbonyl (C=O) groups excluding carboxylic acids is 1. The summed E-state index contributed by atoms with van der Waals surface area (Å²) in [6.07, 6.45) is 0. The van der Waals surface area contributed by atoms with Crippen LogP contribution in [0.5, 0.6) is 0 Å². The third-order valence-corrected chi connectivity index (χ3v) is 5.22. The number of carbonyl (C=O) groups is 1. The van der Waals surface area contributed by atoms with Gasteiger partial charge in [-0.15, -0.1) is 0 Å². The van der Waals surface area contributed by atoms with Crippen LogP contribution in [0.2, 0.25) is 10.0 Å². The Balaban J connectivity index is 2.28. The van der Waals surface area contributed by atoms with Gasteiger partial charge in [-0.3, -0.25) is 4.79 Å². The fourth-order valence-electron chi connectivity index (χ4n) is 1.40.